The summed E-state index contributed by atoms with van der Waals surface area (Å²) in [6.07, 6.45) is 10.4. The van der Waals surface area contributed by atoms with E-state index in [0.717, 1.165) is 19.0 Å². The molecule has 3 rings (SSSR count). The average Bonchev–Trinajstić information content (AvgIpc) is 2.52. The molecule has 0 unspecified atom stereocenters. The minimum absolute atomic E-state index is 0.638. The minimum atomic E-state index is 0.638. The van der Waals surface area contributed by atoms with Crippen molar-refractivity contribution in [1.29, 1.82) is 0 Å². The third kappa shape index (κ3) is 2.01. The molecule has 2 aliphatic rings. The summed E-state index contributed by atoms with van der Waals surface area (Å²) in [6, 6.07) is 0. The fourth-order valence-corrected chi connectivity index (χ4v) is 2.84. The van der Waals surface area contributed by atoms with Crippen molar-refractivity contribution in [3.63, 3.8) is 0 Å². The standard InChI is InChI=1S/C13H21N3/c1-2-4-6-10(5-3-1)12-9-15-13(16-12)11-7-14-8-11/h9-11,14H,1-8H2,(H,15,16). The maximum atomic E-state index is 4.55. The van der Waals surface area contributed by atoms with Crippen LogP contribution >= 0.6 is 0 Å². The van der Waals surface area contributed by atoms with Crippen LogP contribution in [0.2, 0.25) is 0 Å². The Morgan fingerprint density at radius 2 is 1.75 bits per heavy atom. The molecule has 1 aromatic rings. The average molecular weight is 219 g/mol. The van der Waals surface area contributed by atoms with Gasteiger partial charge in [-0.1, -0.05) is 25.7 Å². The third-order valence-corrected chi connectivity index (χ3v) is 4.08. The van der Waals surface area contributed by atoms with Crippen LogP contribution in [0.15, 0.2) is 6.20 Å². The molecule has 0 amide bonds. The number of rotatable bonds is 2. The molecular weight excluding hydrogens is 198 g/mol. The zero-order valence-corrected chi connectivity index (χ0v) is 9.84. The van der Waals surface area contributed by atoms with Crippen molar-refractivity contribution in [3.05, 3.63) is 17.7 Å². The van der Waals surface area contributed by atoms with Crippen LogP contribution in [0.4, 0.5) is 0 Å². The predicted molar refractivity (Wildman–Crippen MR) is 64.6 cm³/mol. The predicted octanol–water partition coefficient (Wildman–Crippen LogP) is 2.53. The van der Waals surface area contributed by atoms with Crippen molar-refractivity contribution in [3.8, 4) is 0 Å². The number of aromatic nitrogens is 2. The quantitative estimate of drug-likeness (QED) is 0.750. The van der Waals surface area contributed by atoms with Crippen molar-refractivity contribution < 1.29 is 0 Å². The highest BCUT2D eigenvalue weighted by Crippen LogP contribution is 2.31. The van der Waals surface area contributed by atoms with E-state index in [1.807, 2.05) is 0 Å². The lowest BCUT2D eigenvalue weighted by Gasteiger charge is -2.25. The van der Waals surface area contributed by atoms with Crippen molar-refractivity contribution in [1.82, 2.24) is 15.3 Å². The van der Waals surface area contributed by atoms with Gasteiger partial charge in [-0.3, -0.25) is 0 Å². The number of H-pyrrole nitrogens is 1. The van der Waals surface area contributed by atoms with E-state index < -0.39 is 0 Å². The third-order valence-electron chi connectivity index (χ3n) is 4.08. The summed E-state index contributed by atoms with van der Waals surface area (Å²) in [4.78, 5) is 8.11. The van der Waals surface area contributed by atoms with Crippen molar-refractivity contribution in [2.45, 2.75) is 50.4 Å². The van der Waals surface area contributed by atoms with Crippen LogP contribution in [0.1, 0.15) is 61.9 Å². The molecule has 3 nitrogen and oxygen atoms in total. The Kier molecular flexibility index (Phi) is 2.96. The summed E-state index contributed by atoms with van der Waals surface area (Å²) in [5.41, 5.74) is 1.39. The molecule has 1 aromatic heterocycles. The molecule has 88 valence electrons. The maximum Gasteiger partial charge on any atom is 0.111 e. The monoisotopic (exact) mass is 219 g/mol. The fraction of sp³-hybridized carbons (Fsp3) is 0.769. The highest BCUT2D eigenvalue weighted by atomic mass is 15.0. The minimum Gasteiger partial charge on any atom is -0.345 e. The molecule has 1 saturated carbocycles. The number of aromatic amines is 1. The largest absolute Gasteiger partial charge is 0.345 e. The lowest BCUT2D eigenvalue weighted by Crippen LogP contribution is -2.40. The maximum absolute atomic E-state index is 4.55. The topological polar surface area (TPSA) is 40.7 Å². The summed E-state index contributed by atoms with van der Waals surface area (Å²) in [5.74, 6) is 2.59. The normalized spacial score (nSPS) is 24.0. The van der Waals surface area contributed by atoms with Gasteiger partial charge in [0, 0.05) is 36.8 Å². The lowest BCUT2D eigenvalue weighted by atomic mass is 9.97. The van der Waals surface area contributed by atoms with Gasteiger partial charge in [0.15, 0.2) is 0 Å². The number of nitrogens with one attached hydrogen (secondary N) is 2. The van der Waals surface area contributed by atoms with Crippen LogP contribution in [-0.2, 0) is 0 Å². The Labute approximate surface area is 97.0 Å². The smallest absolute Gasteiger partial charge is 0.111 e. The molecular formula is C13H21N3. The van der Waals surface area contributed by atoms with E-state index in [-0.39, 0.29) is 0 Å². The molecule has 2 N–H and O–H groups in total. The second-order valence-electron chi connectivity index (χ2n) is 5.27. The fourth-order valence-electron chi connectivity index (χ4n) is 2.84. The molecule has 3 heteroatoms. The molecule has 0 spiro atoms. The Morgan fingerprint density at radius 3 is 2.38 bits per heavy atom. The van der Waals surface area contributed by atoms with Crippen LogP contribution < -0.4 is 5.32 Å². The highest BCUT2D eigenvalue weighted by molar-refractivity contribution is 5.13. The zero-order chi connectivity index (χ0) is 10.8. The van der Waals surface area contributed by atoms with E-state index in [1.165, 1.54) is 50.0 Å². The lowest BCUT2D eigenvalue weighted by molar-refractivity contribution is 0.431. The van der Waals surface area contributed by atoms with Gasteiger partial charge in [0.25, 0.3) is 0 Å². The number of hydrogen-bond acceptors (Lipinski definition) is 2. The van der Waals surface area contributed by atoms with E-state index >= 15 is 0 Å². The summed E-state index contributed by atoms with van der Waals surface area (Å²) in [6.45, 7) is 2.19. The van der Waals surface area contributed by atoms with Crippen LogP contribution in [0.5, 0.6) is 0 Å². The van der Waals surface area contributed by atoms with E-state index in [1.54, 1.807) is 0 Å². The Hall–Kier alpha value is -0.830. The Bertz CT molecular complexity index is 333. The van der Waals surface area contributed by atoms with Gasteiger partial charge in [0.2, 0.25) is 0 Å². The van der Waals surface area contributed by atoms with Crippen LogP contribution in [-0.4, -0.2) is 23.1 Å². The first-order valence-electron chi connectivity index (χ1n) is 6.69. The van der Waals surface area contributed by atoms with Gasteiger partial charge in [-0.2, -0.15) is 0 Å². The van der Waals surface area contributed by atoms with Crippen LogP contribution in [0.25, 0.3) is 0 Å². The number of hydrogen-bond donors (Lipinski definition) is 2. The van der Waals surface area contributed by atoms with Gasteiger partial charge < -0.3 is 10.3 Å². The molecule has 0 radical (unpaired) electrons. The summed E-state index contributed by atoms with van der Waals surface area (Å²) >= 11 is 0. The molecule has 2 fully saturated rings. The van der Waals surface area contributed by atoms with Crippen molar-refractivity contribution in [2.24, 2.45) is 0 Å². The number of imidazole rings is 1. The Balaban J connectivity index is 1.70. The van der Waals surface area contributed by atoms with Gasteiger partial charge in [-0.15, -0.1) is 0 Å². The molecule has 1 aliphatic heterocycles. The van der Waals surface area contributed by atoms with E-state index in [0.29, 0.717) is 5.92 Å². The zero-order valence-electron chi connectivity index (χ0n) is 9.84. The number of nitrogens with zero attached hydrogens (tertiary/aromatic N) is 1. The Morgan fingerprint density at radius 1 is 1.00 bits per heavy atom. The molecule has 0 bridgehead atoms. The second kappa shape index (κ2) is 4.58. The van der Waals surface area contributed by atoms with Gasteiger partial charge >= 0.3 is 0 Å². The van der Waals surface area contributed by atoms with Gasteiger partial charge in [-0.05, 0) is 12.8 Å². The van der Waals surface area contributed by atoms with Gasteiger partial charge in [0.05, 0.1) is 0 Å². The van der Waals surface area contributed by atoms with Crippen molar-refractivity contribution >= 4 is 0 Å². The molecule has 2 heterocycles. The van der Waals surface area contributed by atoms with E-state index in [2.05, 4.69) is 21.5 Å². The first-order valence-corrected chi connectivity index (χ1v) is 6.69. The van der Waals surface area contributed by atoms with Crippen molar-refractivity contribution in [2.75, 3.05) is 13.1 Å². The van der Waals surface area contributed by atoms with E-state index in [9.17, 15) is 0 Å². The molecule has 16 heavy (non-hydrogen) atoms. The van der Waals surface area contributed by atoms with Gasteiger partial charge in [0.1, 0.15) is 5.82 Å². The SMILES string of the molecule is c1nc(C2CNC2)[nH]c1C1CCCCCC1. The molecule has 0 atom stereocenters. The van der Waals surface area contributed by atoms with Crippen LogP contribution in [0, 0.1) is 0 Å². The summed E-state index contributed by atoms with van der Waals surface area (Å²) < 4.78 is 0. The summed E-state index contributed by atoms with van der Waals surface area (Å²) in [7, 11) is 0. The van der Waals surface area contributed by atoms with Gasteiger partial charge in [-0.25, -0.2) is 4.98 Å². The van der Waals surface area contributed by atoms with E-state index in [4.69, 9.17) is 0 Å². The van der Waals surface area contributed by atoms with Crippen LogP contribution in [0.3, 0.4) is 0 Å². The molecule has 1 aliphatic carbocycles. The first-order chi connectivity index (χ1) is 7.93. The second-order valence-corrected chi connectivity index (χ2v) is 5.27. The molecule has 1 saturated heterocycles. The highest BCUT2D eigenvalue weighted by Gasteiger charge is 2.23. The summed E-state index contributed by atoms with van der Waals surface area (Å²) in [5, 5.41) is 3.30. The molecule has 0 aromatic carbocycles. The first kappa shape index (κ1) is 10.3.